The van der Waals surface area contributed by atoms with Gasteiger partial charge in [-0.15, -0.1) is 0 Å². The Morgan fingerprint density at radius 1 is 1.07 bits per heavy atom. The highest BCUT2D eigenvalue weighted by Crippen LogP contribution is 2.36. The summed E-state index contributed by atoms with van der Waals surface area (Å²) in [5, 5.41) is 9.58. The molecule has 0 amide bonds. The maximum atomic E-state index is 12.2. The summed E-state index contributed by atoms with van der Waals surface area (Å²) in [5.41, 5.74) is -1.41. The van der Waals surface area contributed by atoms with E-state index in [2.05, 4.69) is 19.9 Å². The first kappa shape index (κ1) is 21.4. The van der Waals surface area contributed by atoms with Crippen molar-refractivity contribution >= 4 is 6.16 Å². The fourth-order valence-corrected chi connectivity index (χ4v) is 4.77. The molecule has 0 atom stereocenters. The maximum absolute atomic E-state index is 12.2. The van der Waals surface area contributed by atoms with Gasteiger partial charge in [0, 0.05) is 5.92 Å². The Kier molecular flexibility index (Phi) is 7.59. The zero-order valence-corrected chi connectivity index (χ0v) is 17.4. The minimum absolute atomic E-state index is 0.0415. The lowest BCUT2D eigenvalue weighted by molar-refractivity contribution is -0.261. The number of carbonyl (C=O) groups is 1. The average molecular weight is 394 g/mol. The van der Waals surface area contributed by atoms with Gasteiger partial charge in [0.25, 0.3) is 0 Å². The molecule has 6 nitrogen and oxygen atoms in total. The average Bonchev–Trinajstić information content (AvgIpc) is 2.71. The van der Waals surface area contributed by atoms with E-state index in [9.17, 15) is 10.1 Å². The van der Waals surface area contributed by atoms with Gasteiger partial charge in [0.2, 0.25) is 5.60 Å². The molecule has 0 N–H and O–H groups in total. The van der Waals surface area contributed by atoms with Gasteiger partial charge in [-0.2, -0.15) is 5.26 Å². The van der Waals surface area contributed by atoms with Crippen LogP contribution in [0.5, 0.6) is 0 Å². The Morgan fingerprint density at radius 3 is 2.29 bits per heavy atom. The molecule has 1 heterocycles. The molecule has 0 unspecified atom stereocenters. The molecule has 3 fully saturated rings. The van der Waals surface area contributed by atoms with E-state index in [0.29, 0.717) is 11.8 Å². The summed E-state index contributed by atoms with van der Waals surface area (Å²) in [6, 6.07) is 2.07. The number of nitriles is 1. The summed E-state index contributed by atoms with van der Waals surface area (Å²) in [4.78, 5) is 12.2. The van der Waals surface area contributed by atoms with Gasteiger partial charge in [0.05, 0.1) is 0 Å². The number of hydrogen-bond acceptors (Lipinski definition) is 6. The van der Waals surface area contributed by atoms with Crippen LogP contribution in [0.4, 0.5) is 4.79 Å². The van der Waals surface area contributed by atoms with Crippen molar-refractivity contribution in [3.8, 4) is 6.07 Å². The third kappa shape index (κ3) is 5.61. The van der Waals surface area contributed by atoms with E-state index in [-0.39, 0.29) is 25.6 Å². The SMILES string of the molecule is CCCC1CCC(C2OCC(C#N)(OC(=O)OC3CCC(C)CC3)CO2)CC1. The summed E-state index contributed by atoms with van der Waals surface area (Å²) in [6.45, 7) is 4.53. The normalized spacial score (nSPS) is 39.0. The minimum atomic E-state index is -1.41. The van der Waals surface area contributed by atoms with Crippen LogP contribution in [0.15, 0.2) is 0 Å². The molecule has 3 aliphatic rings. The lowest BCUT2D eigenvalue weighted by Gasteiger charge is -2.39. The van der Waals surface area contributed by atoms with Crippen molar-refractivity contribution in [3.05, 3.63) is 0 Å². The molecule has 0 radical (unpaired) electrons. The molecule has 1 saturated heterocycles. The smallest absolute Gasteiger partial charge is 0.431 e. The molecule has 6 heteroatoms. The Labute approximate surface area is 168 Å². The fraction of sp³-hybridized carbons (Fsp3) is 0.909. The van der Waals surface area contributed by atoms with Crippen molar-refractivity contribution in [1.29, 1.82) is 5.26 Å². The van der Waals surface area contributed by atoms with Crippen LogP contribution in [0.25, 0.3) is 0 Å². The van der Waals surface area contributed by atoms with Crippen LogP contribution in [0.3, 0.4) is 0 Å². The summed E-state index contributed by atoms with van der Waals surface area (Å²) in [5.74, 6) is 1.86. The third-order valence-corrected chi connectivity index (χ3v) is 6.64. The van der Waals surface area contributed by atoms with E-state index >= 15 is 0 Å². The second-order valence-corrected chi connectivity index (χ2v) is 9.02. The third-order valence-electron chi connectivity index (χ3n) is 6.64. The second-order valence-electron chi connectivity index (χ2n) is 9.02. The quantitative estimate of drug-likeness (QED) is 0.614. The van der Waals surface area contributed by atoms with E-state index in [1.54, 1.807) is 0 Å². The molecular weight excluding hydrogens is 358 g/mol. The largest absolute Gasteiger partial charge is 0.510 e. The number of nitrogens with zero attached hydrogens (tertiary/aromatic N) is 1. The van der Waals surface area contributed by atoms with Gasteiger partial charge >= 0.3 is 6.16 Å². The van der Waals surface area contributed by atoms with Gasteiger partial charge in [0.1, 0.15) is 25.4 Å². The van der Waals surface area contributed by atoms with Gasteiger partial charge in [-0.1, -0.05) is 26.7 Å². The molecule has 158 valence electrons. The van der Waals surface area contributed by atoms with Crippen molar-refractivity contribution in [2.75, 3.05) is 13.2 Å². The second kappa shape index (κ2) is 9.93. The molecule has 1 aliphatic heterocycles. The zero-order chi connectivity index (χ0) is 20.0. The molecule has 2 saturated carbocycles. The Balaban J connectivity index is 1.43. The van der Waals surface area contributed by atoms with Gasteiger partial charge in [-0.3, -0.25) is 0 Å². The Morgan fingerprint density at radius 2 is 1.71 bits per heavy atom. The monoisotopic (exact) mass is 393 g/mol. The standard InChI is InChI=1S/C22H35NO5/c1-3-4-17-7-9-18(10-8-17)20-25-14-22(13-23,15-26-20)28-21(24)27-19-11-5-16(2)6-12-19/h16-20H,3-12,14-15H2,1-2H3. The van der Waals surface area contributed by atoms with E-state index in [4.69, 9.17) is 18.9 Å². The summed E-state index contributed by atoms with van der Waals surface area (Å²) in [6.07, 6.45) is 9.77. The summed E-state index contributed by atoms with van der Waals surface area (Å²) < 4.78 is 22.5. The molecule has 0 aromatic heterocycles. The van der Waals surface area contributed by atoms with Gasteiger partial charge in [-0.25, -0.2) is 4.79 Å². The number of ether oxygens (including phenoxy) is 4. The number of rotatable bonds is 5. The topological polar surface area (TPSA) is 77.8 Å². The molecule has 0 spiro atoms. The highest BCUT2D eigenvalue weighted by molar-refractivity contribution is 5.61. The van der Waals surface area contributed by atoms with Crippen LogP contribution in [-0.4, -0.2) is 37.4 Å². The first-order valence-electron chi connectivity index (χ1n) is 11.1. The molecule has 28 heavy (non-hydrogen) atoms. The first-order chi connectivity index (χ1) is 13.5. The summed E-state index contributed by atoms with van der Waals surface area (Å²) >= 11 is 0. The molecule has 0 aromatic rings. The van der Waals surface area contributed by atoms with Gasteiger partial charge in [0.15, 0.2) is 6.29 Å². The van der Waals surface area contributed by atoms with Crippen LogP contribution in [-0.2, 0) is 18.9 Å². The highest BCUT2D eigenvalue weighted by atomic mass is 16.8. The van der Waals surface area contributed by atoms with Crippen LogP contribution in [0, 0.1) is 29.1 Å². The van der Waals surface area contributed by atoms with E-state index < -0.39 is 11.8 Å². The van der Waals surface area contributed by atoms with Gasteiger partial charge < -0.3 is 18.9 Å². The molecule has 0 aromatic carbocycles. The molecular formula is C22H35NO5. The van der Waals surface area contributed by atoms with E-state index in [1.165, 1.54) is 25.7 Å². The maximum Gasteiger partial charge on any atom is 0.510 e. The zero-order valence-electron chi connectivity index (χ0n) is 17.4. The van der Waals surface area contributed by atoms with Crippen molar-refractivity contribution in [3.63, 3.8) is 0 Å². The van der Waals surface area contributed by atoms with Gasteiger partial charge in [-0.05, 0) is 63.2 Å². The Bertz CT molecular complexity index is 536. The summed E-state index contributed by atoms with van der Waals surface area (Å²) in [7, 11) is 0. The van der Waals surface area contributed by atoms with Crippen LogP contribution in [0.1, 0.15) is 78.1 Å². The first-order valence-corrected chi connectivity index (χ1v) is 11.1. The molecule has 0 bridgehead atoms. The van der Waals surface area contributed by atoms with Crippen LogP contribution >= 0.6 is 0 Å². The minimum Gasteiger partial charge on any atom is -0.431 e. The lowest BCUT2D eigenvalue weighted by Crippen LogP contribution is -2.51. The van der Waals surface area contributed by atoms with Crippen LogP contribution in [0.2, 0.25) is 0 Å². The molecule has 2 aliphatic carbocycles. The lowest BCUT2D eigenvalue weighted by atomic mass is 9.79. The van der Waals surface area contributed by atoms with Crippen molar-refractivity contribution in [1.82, 2.24) is 0 Å². The van der Waals surface area contributed by atoms with Crippen molar-refractivity contribution < 1.29 is 23.7 Å². The predicted molar refractivity (Wildman–Crippen MR) is 103 cm³/mol. The van der Waals surface area contributed by atoms with E-state index in [0.717, 1.165) is 44.4 Å². The predicted octanol–water partition coefficient (Wildman–Crippen LogP) is 4.96. The fourth-order valence-electron chi connectivity index (χ4n) is 4.77. The number of carbonyl (C=O) groups excluding carboxylic acids is 1. The van der Waals surface area contributed by atoms with Crippen molar-refractivity contribution in [2.24, 2.45) is 17.8 Å². The Hall–Kier alpha value is -1.32. The van der Waals surface area contributed by atoms with E-state index in [1.807, 2.05) is 0 Å². The number of hydrogen-bond donors (Lipinski definition) is 0. The highest BCUT2D eigenvalue weighted by Gasteiger charge is 2.44. The van der Waals surface area contributed by atoms with Crippen LogP contribution < -0.4 is 0 Å². The molecule has 3 rings (SSSR count). The van der Waals surface area contributed by atoms with Crippen molar-refractivity contribution in [2.45, 2.75) is 96.1 Å².